The molecule has 0 aliphatic heterocycles. The highest BCUT2D eigenvalue weighted by atomic mass is 79.9. The van der Waals surface area contributed by atoms with Crippen LogP contribution in [0.25, 0.3) is 0 Å². The lowest BCUT2D eigenvalue weighted by atomic mass is 10.2. The Hall–Kier alpha value is -2.97. The summed E-state index contributed by atoms with van der Waals surface area (Å²) in [6.45, 7) is 0. The second-order valence-corrected chi connectivity index (χ2v) is 8.18. The largest absolute Gasteiger partial charge is 0.422 e. The summed E-state index contributed by atoms with van der Waals surface area (Å²) in [6.07, 6.45) is 1.28. The molecule has 0 amide bonds. The number of sulfonamides is 1. The monoisotopic (exact) mass is 458 g/mol. The molecular weight excluding hydrogens is 444 g/mol. The summed E-state index contributed by atoms with van der Waals surface area (Å²) in [6, 6.07) is 21.4. The molecule has 0 saturated heterocycles. The van der Waals surface area contributed by atoms with Crippen molar-refractivity contribution in [1.29, 1.82) is 0 Å². The van der Waals surface area contributed by atoms with E-state index in [2.05, 4.69) is 25.9 Å². The normalized spacial score (nSPS) is 11.3. The standard InChI is InChI=1S/C20H15BrN2O4S/c21-17-11-12-19(27-20(24)15-7-3-1-4-8-15)16(13-17)14-22-23-28(25,26)18-9-5-2-6-10-18/h1-14,23H/b22-14-. The van der Waals surface area contributed by atoms with Gasteiger partial charge < -0.3 is 4.74 Å². The summed E-state index contributed by atoms with van der Waals surface area (Å²) in [4.78, 5) is 14.5. The van der Waals surface area contributed by atoms with Gasteiger partial charge in [0.25, 0.3) is 10.0 Å². The quantitative estimate of drug-likeness (QED) is 0.262. The summed E-state index contributed by atoms with van der Waals surface area (Å²) in [5, 5.41) is 3.80. The van der Waals surface area contributed by atoms with Gasteiger partial charge >= 0.3 is 5.97 Å². The Bertz CT molecular complexity index is 1100. The van der Waals surface area contributed by atoms with Crippen molar-refractivity contribution < 1.29 is 17.9 Å². The first-order valence-corrected chi connectivity index (χ1v) is 10.4. The van der Waals surface area contributed by atoms with Crippen LogP contribution in [0.15, 0.2) is 93.3 Å². The van der Waals surface area contributed by atoms with E-state index < -0.39 is 16.0 Å². The minimum Gasteiger partial charge on any atom is -0.422 e. The average Bonchev–Trinajstić information content (AvgIpc) is 2.71. The van der Waals surface area contributed by atoms with Crippen LogP contribution in [-0.2, 0) is 10.0 Å². The Morgan fingerprint density at radius 1 is 0.964 bits per heavy atom. The van der Waals surface area contributed by atoms with Gasteiger partial charge in [-0.15, -0.1) is 0 Å². The van der Waals surface area contributed by atoms with E-state index in [1.165, 1.54) is 18.3 Å². The molecule has 0 spiro atoms. The number of hydrogen-bond donors (Lipinski definition) is 1. The summed E-state index contributed by atoms with van der Waals surface area (Å²) < 4.78 is 30.6. The van der Waals surface area contributed by atoms with Crippen LogP contribution in [-0.4, -0.2) is 20.6 Å². The first-order chi connectivity index (χ1) is 13.5. The van der Waals surface area contributed by atoms with Crippen LogP contribution in [0.1, 0.15) is 15.9 Å². The van der Waals surface area contributed by atoms with Crippen molar-refractivity contribution in [2.75, 3.05) is 0 Å². The van der Waals surface area contributed by atoms with Crippen LogP contribution >= 0.6 is 15.9 Å². The molecule has 0 unspecified atom stereocenters. The number of halogens is 1. The van der Waals surface area contributed by atoms with Gasteiger partial charge in [-0.1, -0.05) is 52.3 Å². The van der Waals surface area contributed by atoms with Crippen LogP contribution in [0.3, 0.4) is 0 Å². The number of benzene rings is 3. The van der Waals surface area contributed by atoms with E-state index in [1.54, 1.807) is 66.7 Å². The molecule has 0 heterocycles. The van der Waals surface area contributed by atoms with Crippen molar-refractivity contribution in [3.63, 3.8) is 0 Å². The molecule has 0 aliphatic carbocycles. The van der Waals surface area contributed by atoms with E-state index in [4.69, 9.17) is 4.74 Å². The third kappa shape index (κ3) is 5.05. The van der Waals surface area contributed by atoms with Gasteiger partial charge in [0.15, 0.2) is 0 Å². The van der Waals surface area contributed by atoms with Crippen molar-refractivity contribution in [1.82, 2.24) is 4.83 Å². The van der Waals surface area contributed by atoms with Crippen molar-refractivity contribution in [3.05, 3.63) is 94.5 Å². The first kappa shape index (κ1) is 19.8. The van der Waals surface area contributed by atoms with Gasteiger partial charge in [0.05, 0.1) is 16.7 Å². The highest BCUT2D eigenvalue weighted by Crippen LogP contribution is 2.23. The number of carbonyl (C=O) groups excluding carboxylic acids is 1. The van der Waals surface area contributed by atoms with Gasteiger partial charge in [0.2, 0.25) is 0 Å². The molecular formula is C20H15BrN2O4S. The second-order valence-electron chi connectivity index (χ2n) is 5.60. The lowest BCUT2D eigenvalue weighted by molar-refractivity contribution is 0.0734. The minimum absolute atomic E-state index is 0.0946. The molecule has 3 aromatic rings. The Morgan fingerprint density at radius 3 is 2.29 bits per heavy atom. The number of nitrogens with zero attached hydrogens (tertiary/aromatic N) is 1. The highest BCUT2D eigenvalue weighted by Gasteiger charge is 2.13. The zero-order valence-corrected chi connectivity index (χ0v) is 16.9. The van der Waals surface area contributed by atoms with E-state index in [0.29, 0.717) is 11.1 Å². The maximum absolute atomic E-state index is 12.3. The van der Waals surface area contributed by atoms with Crippen LogP contribution in [0.2, 0.25) is 0 Å². The molecule has 0 radical (unpaired) electrons. The minimum atomic E-state index is -3.79. The maximum atomic E-state index is 12.3. The van der Waals surface area contributed by atoms with E-state index in [0.717, 1.165) is 4.47 Å². The zero-order chi connectivity index (χ0) is 20.0. The van der Waals surface area contributed by atoms with E-state index >= 15 is 0 Å². The number of nitrogens with one attached hydrogen (secondary N) is 1. The lowest BCUT2D eigenvalue weighted by Gasteiger charge is -2.08. The van der Waals surface area contributed by atoms with Gasteiger partial charge in [0.1, 0.15) is 5.75 Å². The van der Waals surface area contributed by atoms with Crippen molar-refractivity contribution in [2.45, 2.75) is 4.90 Å². The number of carbonyl (C=O) groups is 1. The molecule has 6 nitrogen and oxygen atoms in total. The van der Waals surface area contributed by atoms with Crippen LogP contribution in [0.4, 0.5) is 0 Å². The van der Waals surface area contributed by atoms with Crippen molar-refractivity contribution >= 4 is 38.1 Å². The number of hydrogen-bond acceptors (Lipinski definition) is 5. The first-order valence-electron chi connectivity index (χ1n) is 8.12. The second kappa shape index (κ2) is 8.81. The van der Waals surface area contributed by atoms with E-state index in [1.807, 2.05) is 0 Å². The topological polar surface area (TPSA) is 84.8 Å². The molecule has 0 atom stereocenters. The third-order valence-corrected chi connectivity index (χ3v) is 5.35. The average molecular weight is 459 g/mol. The molecule has 0 aromatic heterocycles. The van der Waals surface area contributed by atoms with E-state index in [-0.39, 0.29) is 10.6 Å². The fraction of sp³-hybridized carbons (Fsp3) is 0. The lowest BCUT2D eigenvalue weighted by Crippen LogP contribution is -2.18. The zero-order valence-electron chi connectivity index (χ0n) is 14.4. The van der Waals surface area contributed by atoms with Crippen LogP contribution < -0.4 is 9.57 Å². The van der Waals surface area contributed by atoms with Gasteiger partial charge in [-0.2, -0.15) is 13.5 Å². The highest BCUT2D eigenvalue weighted by molar-refractivity contribution is 9.10. The van der Waals surface area contributed by atoms with Gasteiger partial charge in [-0.05, 0) is 42.5 Å². The summed E-state index contributed by atoms with van der Waals surface area (Å²) in [7, 11) is -3.79. The Labute approximate surface area is 171 Å². The number of rotatable bonds is 6. The SMILES string of the molecule is O=C(Oc1ccc(Br)cc1/C=N\NS(=O)(=O)c1ccccc1)c1ccccc1. The van der Waals surface area contributed by atoms with Crippen molar-refractivity contribution in [3.8, 4) is 5.75 Å². The van der Waals surface area contributed by atoms with Gasteiger partial charge in [0, 0.05) is 10.0 Å². The molecule has 28 heavy (non-hydrogen) atoms. The molecule has 0 bridgehead atoms. The molecule has 1 N–H and O–H groups in total. The molecule has 142 valence electrons. The smallest absolute Gasteiger partial charge is 0.343 e. The fourth-order valence-corrected chi connectivity index (χ4v) is 3.45. The molecule has 3 rings (SSSR count). The molecule has 0 saturated carbocycles. The third-order valence-electron chi connectivity index (χ3n) is 3.61. The summed E-state index contributed by atoms with van der Waals surface area (Å²) >= 11 is 3.33. The summed E-state index contributed by atoms with van der Waals surface area (Å²) in [5.41, 5.74) is 0.826. The Kier molecular flexibility index (Phi) is 6.23. The maximum Gasteiger partial charge on any atom is 0.343 e. The van der Waals surface area contributed by atoms with E-state index in [9.17, 15) is 13.2 Å². The molecule has 0 fully saturated rings. The van der Waals surface area contributed by atoms with Crippen LogP contribution in [0, 0.1) is 0 Å². The number of esters is 1. The molecule has 8 heteroatoms. The van der Waals surface area contributed by atoms with Gasteiger partial charge in [-0.3, -0.25) is 0 Å². The number of hydrazone groups is 1. The van der Waals surface area contributed by atoms with Crippen molar-refractivity contribution in [2.24, 2.45) is 5.10 Å². The van der Waals surface area contributed by atoms with Crippen LogP contribution in [0.5, 0.6) is 5.75 Å². The fourth-order valence-electron chi connectivity index (χ4n) is 2.26. The Balaban J connectivity index is 1.79. The predicted octanol–water partition coefficient (Wildman–Crippen LogP) is 3.98. The molecule has 3 aromatic carbocycles. The van der Waals surface area contributed by atoms with Gasteiger partial charge in [-0.25, -0.2) is 9.63 Å². The predicted molar refractivity (Wildman–Crippen MR) is 110 cm³/mol. The Morgan fingerprint density at radius 2 is 1.61 bits per heavy atom. The number of ether oxygens (including phenoxy) is 1. The summed E-state index contributed by atoms with van der Waals surface area (Å²) in [5.74, 6) is -0.276. The molecule has 0 aliphatic rings.